The molecule has 0 aliphatic heterocycles. The van der Waals surface area contributed by atoms with Crippen molar-refractivity contribution in [1.82, 2.24) is 10.6 Å². The van der Waals surface area contributed by atoms with Crippen molar-refractivity contribution in [3.8, 4) is 0 Å². The molecule has 21 heavy (non-hydrogen) atoms. The summed E-state index contributed by atoms with van der Waals surface area (Å²) in [5.74, 6) is 0.435. The Morgan fingerprint density at radius 2 is 2.00 bits per heavy atom. The molecule has 0 saturated heterocycles. The van der Waals surface area contributed by atoms with Crippen LogP contribution in [0.5, 0.6) is 0 Å². The van der Waals surface area contributed by atoms with Gasteiger partial charge in [0.15, 0.2) is 0 Å². The molecule has 0 spiro atoms. The third-order valence-electron chi connectivity index (χ3n) is 3.55. The van der Waals surface area contributed by atoms with Gasteiger partial charge in [-0.05, 0) is 30.4 Å². The summed E-state index contributed by atoms with van der Waals surface area (Å²) in [7, 11) is 0. The zero-order chi connectivity index (χ0) is 15.1. The first-order valence-corrected chi connectivity index (χ1v) is 8.42. The average molecular weight is 306 g/mol. The lowest BCUT2D eigenvalue weighted by atomic mass is 9.91. The molecule has 0 bridgehead atoms. The van der Waals surface area contributed by atoms with Gasteiger partial charge in [0.2, 0.25) is 11.8 Å². The van der Waals surface area contributed by atoms with Gasteiger partial charge in [0.1, 0.15) is 0 Å². The molecule has 1 aliphatic rings. The van der Waals surface area contributed by atoms with Gasteiger partial charge in [-0.1, -0.05) is 24.3 Å². The van der Waals surface area contributed by atoms with Crippen molar-refractivity contribution in [2.75, 3.05) is 18.8 Å². The molecule has 114 valence electrons. The molecule has 1 unspecified atom stereocenters. The fraction of sp³-hybridized carbons (Fsp3) is 0.500. The smallest absolute Gasteiger partial charge is 0.230 e. The molecule has 5 heteroatoms. The van der Waals surface area contributed by atoms with Gasteiger partial charge < -0.3 is 10.6 Å². The van der Waals surface area contributed by atoms with E-state index in [0.29, 0.717) is 24.1 Å². The van der Waals surface area contributed by atoms with E-state index in [2.05, 4.69) is 34.9 Å². The zero-order valence-corrected chi connectivity index (χ0v) is 13.2. The topological polar surface area (TPSA) is 58.2 Å². The molecule has 4 nitrogen and oxygen atoms in total. The number of nitrogens with one attached hydrogen (secondary N) is 2. The van der Waals surface area contributed by atoms with Gasteiger partial charge in [0, 0.05) is 25.3 Å². The van der Waals surface area contributed by atoms with E-state index in [9.17, 15) is 9.59 Å². The molecule has 2 rings (SSSR count). The Morgan fingerprint density at radius 1 is 1.24 bits per heavy atom. The van der Waals surface area contributed by atoms with Crippen LogP contribution in [0.3, 0.4) is 0 Å². The van der Waals surface area contributed by atoms with Gasteiger partial charge in [-0.2, -0.15) is 0 Å². The van der Waals surface area contributed by atoms with Crippen molar-refractivity contribution in [3.63, 3.8) is 0 Å². The van der Waals surface area contributed by atoms with Gasteiger partial charge in [-0.15, -0.1) is 11.8 Å². The highest BCUT2D eigenvalue weighted by Gasteiger charge is 2.20. The Labute approximate surface area is 130 Å². The quantitative estimate of drug-likeness (QED) is 0.791. The number of fused-ring (bicyclic) bond motifs is 1. The third kappa shape index (κ3) is 5.08. The second-order valence-corrected chi connectivity index (χ2v) is 6.41. The minimum absolute atomic E-state index is 0.0356. The van der Waals surface area contributed by atoms with Crippen LogP contribution >= 0.6 is 11.8 Å². The predicted octanol–water partition coefficient (Wildman–Crippen LogP) is 2.05. The lowest BCUT2D eigenvalue weighted by molar-refractivity contribution is -0.120. The minimum atomic E-state index is -0.0718. The Kier molecular flexibility index (Phi) is 6.11. The van der Waals surface area contributed by atoms with Crippen LogP contribution in [0.25, 0.3) is 0 Å². The fourth-order valence-electron chi connectivity index (χ4n) is 2.55. The summed E-state index contributed by atoms with van der Waals surface area (Å²) in [6, 6.07) is 8.53. The number of carbonyl (C=O) groups is 2. The zero-order valence-electron chi connectivity index (χ0n) is 12.4. The van der Waals surface area contributed by atoms with E-state index in [1.54, 1.807) is 11.8 Å². The molecule has 1 aliphatic carbocycles. The number of carbonyl (C=O) groups excluding carboxylic acids is 2. The number of rotatable bonds is 6. The molecule has 1 atom stereocenters. The Balaban J connectivity index is 1.74. The Bertz CT molecular complexity index is 505. The molecule has 1 aromatic rings. The van der Waals surface area contributed by atoms with Crippen molar-refractivity contribution >= 4 is 23.6 Å². The van der Waals surface area contributed by atoms with E-state index >= 15 is 0 Å². The summed E-state index contributed by atoms with van der Waals surface area (Å²) in [4.78, 5) is 22.5. The summed E-state index contributed by atoms with van der Waals surface area (Å²) in [6.45, 7) is 2.44. The second kappa shape index (κ2) is 8.08. The number of hydrogen-bond acceptors (Lipinski definition) is 3. The number of benzene rings is 1. The molecular formula is C16H22N2O2S. The molecule has 2 amide bonds. The van der Waals surface area contributed by atoms with Crippen LogP contribution in [0.4, 0.5) is 0 Å². The first-order chi connectivity index (χ1) is 10.2. The van der Waals surface area contributed by atoms with E-state index < -0.39 is 0 Å². The largest absolute Gasteiger partial charge is 0.355 e. The van der Waals surface area contributed by atoms with E-state index in [0.717, 1.165) is 12.8 Å². The van der Waals surface area contributed by atoms with Crippen molar-refractivity contribution in [1.29, 1.82) is 0 Å². The van der Waals surface area contributed by atoms with Crippen molar-refractivity contribution < 1.29 is 9.59 Å². The molecule has 1 aromatic carbocycles. The lowest BCUT2D eigenvalue weighted by Gasteiger charge is -2.24. The van der Waals surface area contributed by atoms with Crippen LogP contribution < -0.4 is 10.6 Å². The minimum Gasteiger partial charge on any atom is -0.355 e. The maximum absolute atomic E-state index is 11.8. The van der Waals surface area contributed by atoms with Crippen molar-refractivity contribution in [3.05, 3.63) is 35.4 Å². The maximum Gasteiger partial charge on any atom is 0.230 e. The molecule has 2 N–H and O–H groups in total. The normalized spacial score (nSPS) is 16.9. The highest BCUT2D eigenvalue weighted by molar-refractivity contribution is 8.00. The highest BCUT2D eigenvalue weighted by atomic mass is 32.2. The van der Waals surface area contributed by atoms with Gasteiger partial charge >= 0.3 is 0 Å². The number of amides is 2. The van der Waals surface area contributed by atoms with Crippen LogP contribution in [0.15, 0.2) is 24.3 Å². The van der Waals surface area contributed by atoms with Crippen LogP contribution in [0.1, 0.15) is 36.1 Å². The van der Waals surface area contributed by atoms with Crippen molar-refractivity contribution in [2.45, 2.75) is 31.4 Å². The summed E-state index contributed by atoms with van der Waals surface area (Å²) in [6.07, 6.45) is 3.48. The van der Waals surface area contributed by atoms with Crippen LogP contribution in [0, 0.1) is 0 Å². The van der Waals surface area contributed by atoms with E-state index in [-0.39, 0.29) is 11.8 Å². The molecule has 0 saturated carbocycles. The SMILES string of the molecule is CC(=O)NCCNC(=O)CSC1CCCc2ccccc21. The number of hydrogen-bond donors (Lipinski definition) is 2. The van der Waals surface area contributed by atoms with E-state index in [1.165, 1.54) is 24.5 Å². The lowest BCUT2D eigenvalue weighted by Crippen LogP contribution is -2.34. The summed E-state index contributed by atoms with van der Waals surface area (Å²) >= 11 is 1.71. The van der Waals surface area contributed by atoms with Gasteiger partial charge in [0.05, 0.1) is 5.75 Å². The fourth-order valence-corrected chi connectivity index (χ4v) is 3.75. The molecule has 0 fully saturated rings. The third-order valence-corrected chi connectivity index (χ3v) is 4.87. The maximum atomic E-state index is 11.8. The van der Waals surface area contributed by atoms with Gasteiger partial charge in [0.25, 0.3) is 0 Å². The number of thioether (sulfide) groups is 1. The molecule has 0 radical (unpaired) electrons. The first-order valence-electron chi connectivity index (χ1n) is 7.37. The van der Waals surface area contributed by atoms with Crippen molar-refractivity contribution in [2.24, 2.45) is 0 Å². The molecular weight excluding hydrogens is 284 g/mol. The monoisotopic (exact) mass is 306 g/mol. The number of aryl methyl sites for hydroxylation is 1. The standard InChI is InChI=1S/C16H22N2O2S/c1-12(19)17-9-10-18-16(20)11-21-15-8-4-6-13-5-2-3-7-14(13)15/h2-3,5,7,15H,4,6,8-11H2,1H3,(H,17,19)(H,18,20). The Hall–Kier alpha value is -1.49. The average Bonchev–Trinajstić information content (AvgIpc) is 2.49. The second-order valence-electron chi connectivity index (χ2n) is 5.22. The van der Waals surface area contributed by atoms with Crippen LogP contribution in [-0.4, -0.2) is 30.7 Å². The van der Waals surface area contributed by atoms with Crippen LogP contribution in [0.2, 0.25) is 0 Å². The van der Waals surface area contributed by atoms with Crippen LogP contribution in [-0.2, 0) is 16.0 Å². The molecule has 0 heterocycles. The Morgan fingerprint density at radius 3 is 2.81 bits per heavy atom. The highest BCUT2D eigenvalue weighted by Crippen LogP contribution is 2.39. The van der Waals surface area contributed by atoms with E-state index in [4.69, 9.17) is 0 Å². The predicted molar refractivity (Wildman–Crippen MR) is 86.3 cm³/mol. The van der Waals surface area contributed by atoms with Gasteiger partial charge in [-0.3, -0.25) is 9.59 Å². The van der Waals surface area contributed by atoms with E-state index in [1.807, 2.05) is 0 Å². The summed E-state index contributed by atoms with van der Waals surface area (Å²) < 4.78 is 0. The first kappa shape index (κ1) is 15.9. The van der Waals surface area contributed by atoms with Gasteiger partial charge in [-0.25, -0.2) is 0 Å². The summed E-state index contributed by atoms with van der Waals surface area (Å²) in [5.41, 5.74) is 2.81. The molecule has 0 aromatic heterocycles. The summed E-state index contributed by atoms with van der Waals surface area (Å²) in [5, 5.41) is 5.91.